The molecule has 6 nitrogen and oxygen atoms in total. The second-order valence-corrected chi connectivity index (χ2v) is 6.07. The molecule has 130 valence electrons. The molecule has 1 atom stereocenters. The van der Waals surface area contributed by atoms with Crippen LogP contribution in [0.15, 0.2) is 48.5 Å². The van der Waals surface area contributed by atoms with E-state index in [1.54, 1.807) is 30.3 Å². The predicted molar refractivity (Wildman–Crippen MR) is 92.5 cm³/mol. The molecule has 7 heteroatoms. The highest BCUT2D eigenvalue weighted by Gasteiger charge is 2.33. The maximum Gasteiger partial charge on any atom is 0.335 e. The number of anilines is 1. The van der Waals surface area contributed by atoms with Crippen molar-refractivity contribution in [3.05, 3.63) is 71.0 Å². The number of halogens is 1. The van der Waals surface area contributed by atoms with Crippen molar-refractivity contribution in [2.24, 2.45) is 0 Å². The zero-order chi connectivity index (χ0) is 18.3. The Morgan fingerprint density at radius 2 is 1.88 bits per heavy atom. The van der Waals surface area contributed by atoms with Gasteiger partial charge >= 0.3 is 5.97 Å². The van der Waals surface area contributed by atoms with Crippen molar-refractivity contribution in [1.29, 1.82) is 0 Å². The fourth-order valence-electron chi connectivity index (χ4n) is 3.35. The molecule has 0 radical (unpaired) electrons. The second-order valence-electron chi connectivity index (χ2n) is 6.07. The van der Waals surface area contributed by atoms with Crippen LogP contribution in [-0.2, 0) is 4.79 Å². The quantitative estimate of drug-likeness (QED) is 0.674. The molecule has 1 amide bonds. The van der Waals surface area contributed by atoms with Gasteiger partial charge in [-0.25, -0.2) is 9.18 Å². The number of carbonyl (C=O) groups is 2. The normalized spacial score (nSPS) is 16.0. The van der Waals surface area contributed by atoms with Crippen LogP contribution in [0.1, 0.15) is 33.8 Å². The highest BCUT2D eigenvalue weighted by molar-refractivity contribution is 5.97. The van der Waals surface area contributed by atoms with Crippen LogP contribution in [0.3, 0.4) is 0 Å². The highest BCUT2D eigenvalue weighted by atomic mass is 19.1. The number of carboxylic acid groups (broad SMARTS) is 1. The van der Waals surface area contributed by atoms with Gasteiger partial charge in [0.15, 0.2) is 5.82 Å². The topological polar surface area (TPSA) is 95.1 Å². The van der Waals surface area contributed by atoms with E-state index in [0.717, 1.165) is 0 Å². The van der Waals surface area contributed by atoms with Gasteiger partial charge < -0.3 is 10.4 Å². The first-order valence-electron chi connectivity index (χ1n) is 8.01. The minimum atomic E-state index is -1.06. The van der Waals surface area contributed by atoms with Crippen LogP contribution >= 0.6 is 0 Å². The van der Waals surface area contributed by atoms with Crippen LogP contribution in [-0.4, -0.2) is 27.2 Å². The lowest BCUT2D eigenvalue weighted by atomic mass is 9.82. The molecule has 0 unspecified atom stereocenters. The minimum absolute atomic E-state index is 0.102. The summed E-state index contributed by atoms with van der Waals surface area (Å²) in [4.78, 5) is 23.7. The summed E-state index contributed by atoms with van der Waals surface area (Å²) in [5.74, 6) is -1.75. The summed E-state index contributed by atoms with van der Waals surface area (Å²) in [5, 5.41) is 19.3. The van der Waals surface area contributed by atoms with E-state index in [-0.39, 0.29) is 23.7 Å². The molecule has 2 aromatic carbocycles. The Morgan fingerprint density at radius 1 is 1.15 bits per heavy atom. The molecule has 2 heterocycles. The summed E-state index contributed by atoms with van der Waals surface area (Å²) in [6, 6.07) is 12.5. The molecular formula is C19H14FN3O3. The average Bonchev–Trinajstić information content (AvgIpc) is 3.05. The first-order chi connectivity index (χ1) is 12.5. The summed E-state index contributed by atoms with van der Waals surface area (Å²) < 4.78 is 13.3. The van der Waals surface area contributed by atoms with Crippen molar-refractivity contribution in [3.8, 4) is 11.3 Å². The number of hydrogen-bond acceptors (Lipinski definition) is 3. The van der Waals surface area contributed by atoms with Crippen LogP contribution in [0.2, 0.25) is 0 Å². The smallest absolute Gasteiger partial charge is 0.335 e. The third-order valence-electron chi connectivity index (χ3n) is 4.50. The molecule has 1 aliphatic rings. The Kier molecular flexibility index (Phi) is 3.76. The number of carboxylic acids is 1. The number of carbonyl (C=O) groups excluding carboxylic acids is 1. The second kappa shape index (κ2) is 6.11. The van der Waals surface area contributed by atoms with Gasteiger partial charge in [0, 0.05) is 23.5 Å². The number of nitrogens with zero attached hydrogens (tertiary/aromatic N) is 1. The summed E-state index contributed by atoms with van der Waals surface area (Å²) in [7, 11) is 0. The number of rotatable bonds is 3. The molecule has 3 aromatic rings. The van der Waals surface area contributed by atoms with Crippen LogP contribution in [0.4, 0.5) is 10.2 Å². The lowest BCUT2D eigenvalue weighted by molar-refractivity contribution is -0.116. The summed E-state index contributed by atoms with van der Waals surface area (Å²) in [6.45, 7) is 0. The maximum absolute atomic E-state index is 13.3. The highest BCUT2D eigenvalue weighted by Crippen LogP contribution is 2.42. The van der Waals surface area contributed by atoms with E-state index in [1.807, 2.05) is 0 Å². The molecule has 1 aliphatic heterocycles. The Balaban J connectivity index is 1.90. The molecule has 0 aliphatic carbocycles. The first-order valence-corrected chi connectivity index (χ1v) is 8.01. The van der Waals surface area contributed by atoms with Crippen LogP contribution in [0.5, 0.6) is 0 Å². The first kappa shape index (κ1) is 16.0. The third kappa shape index (κ3) is 2.63. The van der Waals surface area contributed by atoms with E-state index in [0.29, 0.717) is 28.2 Å². The monoisotopic (exact) mass is 351 g/mol. The van der Waals surface area contributed by atoms with Crippen LogP contribution in [0.25, 0.3) is 11.3 Å². The molecule has 0 saturated heterocycles. The number of H-pyrrole nitrogens is 1. The Hall–Kier alpha value is -3.48. The average molecular weight is 351 g/mol. The van der Waals surface area contributed by atoms with Gasteiger partial charge in [-0.3, -0.25) is 9.89 Å². The van der Waals surface area contributed by atoms with Gasteiger partial charge in [0.2, 0.25) is 5.91 Å². The van der Waals surface area contributed by atoms with Crippen molar-refractivity contribution in [3.63, 3.8) is 0 Å². The Bertz CT molecular complexity index is 1010. The van der Waals surface area contributed by atoms with E-state index in [4.69, 9.17) is 0 Å². The number of aromatic nitrogens is 2. The number of aromatic carboxylic acids is 1. The number of fused-ring (bicyclic) bond motifs is 1. The van der Waals surface area contributed by atoms with Crippen molar-refractivity contribution >= 4 is 17.7 Å². The van der Waals surface area contributed by atoms with Gasteiger partial charge in [-0.05, 0) is 35.9 Å². The molecule has 4 rings (SSSR count). The summed E-state index contributed by atoms with van der Waals surface area (Å²) >= 11 is 0. The lowest BCUT2D eigenvalue weighted by Crippen LogP contribution is -2.24. The van der Waals surface area contributed by atoms with E-state index < -0.39 is 11.9 Å². The predicted octanol–water partition coefficient (Wildman–Crippen LogP) is 3.39. The Morgan fingerprint density at radius 3 is 2.62 bits per heavy atom. The van der Waals surface area contributed by atoms with Crippen molar-refractivity contribution in [2.45, 2.75) is 12.3 Å². The largest absolute Gasteiger partial charge is 0.478 e. The fourth-order valence-corrected chi connectivity index (χ4v) is 3.35. The fraction of sp³-hybridized carbons (Fsp3) is 0.105. The molecule has 0 fully saturated rings. The zero-order valence-corrected chi connectivity index (χ0v) is 13.5. The van der Waals surface area contributed by atoms with Crippen LogP contribution < -0.4 is 5.32 Å². The van der Waals surface area contributed by atoms with Gasteiger partial charge in [-0.15, -0.1) is 0 Å². The Labute approximate surface area is 147 Å². The number of amides is 1. The molecular weight excluding hydrogens is 337 g/mol. The number of nitrogens with one attached hydrogen (secondary N) is 2. The van der Waals surface area contributed by atoms with E-state index >= 15 is 0 Å². The lowest BCUT2D eigenvalue weighted by Gasteiger charge is -2.24. The van der Waals surface area contributed by atoms with Crippen molar-refractivity contribution < 1.29 is 19.1 Å². The van der Waals surface area contributed by atoms with Gasteiger partial charge in [-0.2, -0.15) is 5.10 Å². The summed E-state index contributed by atoms with van der Waals surface area (Å²) in [6.07, 6.45) is 0.102. The van der Waals surface area contributed by atoms with Crippen LogP contribution in [0, 0.1) is 5.82 Å². The SMILES string of the molecule is O=C1C[C@H](c2ccccc2C(=O)O)c2c(n[nH]c2-c2ccc(F)cc2)N1. The van der Waals surface area contributed by atoms with E-state index in [1.165, 1.54) is 18.2 Å². The van der Waals surface area contributed by atoms with E-state index in [2.05, 4.69) is 15.5 Å². The standard InChI is InChI=1S/C19H14FN3O3/c20-11-7-5-10(6-8-11)17-16-14(9-15(24)21-18(16)23-22-17)12-3-1-2-4-13(12)19(25)26/h1-8,14H,9H2,(H,25,26)(H2,21,22,23,24)/t14-/m1/s1. The van der Waals surface area contributed by atoms with Crippen molar-refractivity contribution in [2.75, 3.05) is 5.32 Å². The van der Waals surface area contributed by atoms with Gasteiger partial charge in [0.1, 0.15) is 5.82 Å². The van der Waals surface area contributed by atoms with Crippen molar-refractivity contribution in [1.82, 2.24) is 10.2 Å². The maximum atomic E-state index is 13.3. The summed E-state index contributed by atoms with van der Waals surface area (Å²) in [5.41, 5.74) is 2.72. The van der Waals surface area contributed by atoms with Gasteiger partial charge in [0.05, 0.1) is 11.3 Å². The van der Waals surface area contributed by atoms with Gasteiger partial charge in [0.25, 0.3) is 0 Å². The molecule has 1 aromatic heterocycles. The number of benzene rings is 2. The number of hydrogen-bond donors (Lipinski definition) is 3. The molecule has 26 heavy (non-hydrogen) atoms. The molecule has 0 saturated carbocycles. The minimum Gasteiger partial charge on any atom is -0.478 e. The molecule has 0 spiro atoms. The third-order valence-corrected chi connectivity index (χ3v) is 4.50. The van der Waals surface area contributed by atoms with E-state index in [9.17, 15) is 19.1 Å². The number of aromatic amines is 1. The van der Waals surface area contributed by atoms with Gasteiger partial charge in [-0.1, -0.05) is 18.2 Å². The molecule has 3 N–H and O–H groups in total. The molecule has 0 bridgehead atoms. The zero-order valence-electron chi connectivity index (χ0n) is 13.5.